The van der Waals surface area contributed by atoms with E-state index >= 15 is 0 Å². The van der Waals surface area contributed by atoms with Crippen LogP contribution in [0.4, 0.5) is 0 Å². The summed E-state index contributed by atoms with van der Waals surface area (Å²) in [5, 5.41) is 3.39. The minimum absolute atomic E-state index is 0.313. The summed E-state index contributed by atoms with van der Waals surface area (Å²) >= 11 is 0. The molecule has 0 bridgehead atoms. The van der Waals surface area contributed by atoms with E-state index in [0.29, 0.717) is 11.5 Å². The van der Waals surface area contributed by atoms with Crippen LogP contribution in [0.1, 0.15) is 26.2 Å². The Bertz CT molecular complexity index is 152. The molecular formula is C10H22N2O. The third-order valence-corrected chi connectivity index (χ3v) is 3.17. The van der Waals surface area contributed by atoms with Gasteiger partial charge in [-0.3, -0.25) is 0 Å². The van der Waals surface area contributed by atoms with Crippen molar-refractivity contribution < 1.29 is 4.74 Å². The van der Waals surface area contributed by atoms with Gasteiger partial charge in [0.15, 0.2) is 0 Å². The van der Waals surface area contributed by atoms with Crippen molar-refractivity contribution in [2.24, 2.45) is 11.1 Å². The van der Waals surface area contributed by atoms with Crippen LogP contribution in [-0.2, 0) is 4.74 Å². The van der Waals surface area contributed by atoms with Crippen molar-refractivity contribution in [1.82, 2.24) is 5.32 Å². The second-order valence-electron chi connectivity index (χ2n) is 4.32. The number of hydrogen-bond acceptors (Lipinski definition) is 3. The van der Waals surface area contributed by atoms with E-state index in [9.17, 15) is 0 Å². The smallest absolute Gasteiger partial charge is 0.0587 e. The average molecular weight is 186 g/mol. The minimum atomic E-state index is 0.313. The van der Waals surface area contributed by atoms with E-state index < -0.39 is 0 Å². The summed E-state index contributed by atoms with van der Waals surface area (Å²) in [4.78, 5) is 0. The third kappa shape index (κ3) is 2.93. The molecule has 1 rings (SSSR count). The van der Waals surface area contributed by atoms with Gasteiger partial charge in [0.2, 0.25) is 0 Å². The molecular weight excluding hydrogens is 164 g/mol. The van der Waals surface area contributed by atoms with Crippen LogP contribution in [0.15, 0.2) is 0 Å². The molecule has 0 aromatic carbocycles. The van der Waals surface area contributed by atoms with Crippen LogP contribution >= 0.6 is 0 Å². The molecule has 0 aromatic rings. The van der Waals surface area contributed by atoms with E-state index in [1.165, 1.54) is 19.3 Å². The molecule has 2 atom stereocenters. The quantitative estimate of drug-likeness (QED) is 0.623. The summed E-state index contributed by atoms with van der Waals surface area (Å²) in [6.07, 6.45) is 3.72. The van der Waals surface area contributed by atoms with E-state index in [1.54, 1.807) is 7.11 Å². The molecule has 1 aliphatic rings. The van der Waals surface area contributed by atoms with E-state index in [2.05, 4.69) is 12.2 Å². The largest absolute Gasteiger partial charge is 0.383 e. The fraction of sp³-hybridized carbons (Fsp3) is 1.00. The van der Waals surface area contributed by atoms with Crippen LogP contribution in [-0.4, -0.2) is 32.8 Å². The maximum Gasteiger partial charge on any atom is 0.0587 e. The molecule has 1 aliphatic carbocycles. The van der Waals surface area contributed by atoms with Crippen molar-refractivity contribution in [3.8, 4) is 0 Å². The lowest BCUT2D eigenvalue weighted by atomic mass is 9.85. The topological polar surface area (TPSA) is 47.3 Å². The highest BCUT2D eigenvalue weighted by Crippen LogP contribution is 2.35. The zero-order valence-corrected chi connectivity index (χ0v) is 8.81. The molecule has 3 nitrogen and oxygen atoms in total. The highest BCUT2D eigenvalue weighted by atomic mass is 16.5. The van der Waals surface area contributed by atoms with E-state index in [0.717, 1.165) is 19.7 Å². The van der Waals surface area contributed by atoms with Gasteiger partial charge in [0, 0.05) is 26.2 Å². The number of hydrogen-bond donors (Lipinski definition) is 2. The van der Waals surface area contributed by atoms with Gasteiger partial charge in [-0.1, -0.05) is 13.3 Å². The van der Waals surface area contributed by atoms with Crippen LogP contribution in [0, 0.1) is 5.41 Å². The SMILES string of the molecule is COCCNCC1(C)CCCC1N. The van der Waals surface area contributed by atoms with Crippen LogP contribution in [0.3, 0.4) is 0 Å². The second kappa shape index (κ2) is 4.94. The second-order valence-corrected chi connectivity index (χ2v) is 4.32. The van der Waals surface area contributed by atoms with Crippen LogP contribution in [0.25, 0.3) is 0 Å². The summed E-state index contributed by atoms with van der Waals surface area (Å²) in [5.41, 5.74) is 6.37. The number of ether oxygens (including phenoxy) is 1. The maximum atomic E-state index is 6.06. The molecule has 0 radical (unpaired) electrons. The molecule has 0 aliphatic heterocycles. The molecule has 0 spiro atoms. The zero-order valence-electron chi connectivity index (χ0n) is 8.81. The van der Waals surface area contributed by atoms with Gasteiger partial charge in [0.1, 0.15) is 0 Å². The predicted molar refractivity (Wildman–Crippen MR) is 54.7 cm³/mol. The molecule has 0 aromatic heterocycles. The standard InChI is InChI=1S/C10H22N2O/c1-10(5-3-4-9(10)11)8-12-6-7-13-2/h9,12H,3-8,11H2,1-2H3. The molecule has 0 heterocycles. The monoisotopic (exact) mass is 186 g/mol. The summed E-state index contributed by atoms with van der Waals surface area (Å²) in [7, 11) is 1.73. The molecule has 1 fully saturated rings. The molecule has 2 unspecified atom stereocenters. The van der Waals surface area contributed by atoms with Crippen LogP contribution < -0.4 is 11.1 Å². The first-order valence-electron chi connectivity index (χ1n) is 5.14. The van der Waals surface area contributed by atoms with Gasteiger partial charge in [0.05, 0.1) is 6.61 Å². The van der Waals surface area contributed by atoms with Crippen molar-refractivity contribution >= 4 is 0 Å². The Morgan fingerprint density at radius 2 is 2.38 bits per heavy atom. The van der Waals surface area contributed by atoms with Crippen molar-refractivity contribution in [1.29, 1.82) is 0 Å². The lowest BCUT2D eigenvalue weighted by Gasteiger charge is -2.29. The van der Waals surface area contributed by atoms with Crippen LogP contribution in [0.2, 0.25) is 0 Å². The summed E-state index contributed by atoms with van der Waals surface area (Å²) in [6, 6.07) is 0.377. The van der Waals surface area contributed by atoms with Crippen molar-refractivity contribution in [2.45, 2.75) is 32.2 Å². The summed E-state index contributed by atoms with van der Waals surface area (Å²) in [5.74, 6) is 0. The van der Waals surface area contributed by atoms with E-state index in [4.69, 9.17) is 10.5 Å². The number of rotatable bonds is 5. The Balaban J connectivity index is 2.18. The Labute approximate surface area is 81.0 Å². The normalized spacial score (nSPS) is 33.9. The van der Waals surface area contributed by atoms with Crippen LogP contribution in [0.5, 0.6) is 0 Å². The Morgan fingerprint density at radius 1 is 1.62 bits per heavy atom. The number of methoxy groups -OCH3 is 1. The molecule has 0 amide bonds. The minimum Gasteiger partial charge on any atom is -0.383 e. The van der Waals surface area contributed by atoms with Crippen molar-refractivity contribution in [2.75, 3.05) is 26.8 Å². The third-order valence-electron chi connectivity index (χ3n) is 3.17. The van der Waals surface area contributed by atoms with E-state index in [1.807, 2.05) is 0 Å². The molecule has 0 saturated heterocycles. The Kier molecular flexibility index (Phi) is 4.16. The molecule has 3 heteroatoms. The predicted octanol–water partition coefficient (Wildman–Crippen LogP) is 0.740. The lowest BCUT2D eigenvalue weighted by molar-refractivity contribution is 0.190. The van der Waals surface area contributed by atoms with Gasteiger partial charge in [0.25, 0.3) is 0 Å². The fourth-order valence-electron chi connectivity index (χ4n) is 2.03. The van der Waals surface area contributed by atoms with Crippen molar-refractivity contribution in [3.63, 3.8) is 0 Å². The van der Waals surface area contributed by atoms with Gasteiger partial charge >= 0.3 is 0 Å². The number of nitrogens with one attached hydrogen (secondary N) is 1. The zero-order chi connectivity index (χ0) is 9.73. The molecule has 78 valence electrons. The Morgan fingerprint density at radius 3 is 2.92 bits per heavy atom. The first-order valence-corrected chi connectivity index (χ1v) is 5.14. The first-order chi connectivity index (χ1) is 6.19. The first kappa shape index (κ1) is 11.0. The summed E-state index contributed by atoms with van der Waals surface area (Å²) < 4.78 is 4.97. The Hall–Kier alpha value is -0.120. The highest BCUT2D eigenvalue weighted by molar-refractivity contribution is 4.92. The maximum absolute atomic E-state index is 6.06. The van der Waals surface area contributed by atoms with Gasteiger partial charge in [-0.25, -0.2) is 0 Å². The summed E-state index contributed by atoms with van der Waals surface area (Å²) in [6.45, 7) is 5.02. The highest BCUT2D eigenvalue weighted by Gasteiger charge is 2.35. The molecule has 1 saturated carbocycles. The molecule has 3 N–H and O–H groups in total. The van der Waals surface area contributed by atoms with Gasteiger partial charge in [-0.05, 0) is 18.3 Å². The average Bonchev–Trinajstić information content (AvgIpc) is 2.42. The lowest BCUT2D eigenvalue weighted by Crippen LogP contribution is -2.43. The molecule has 13 heavy (non-hydrogen) atoms. The van der Waals surface area contributed by atoms with E-state index in [-0.39, 0.29) is 0 Å². The van der Waals surface area contributed by atoms with Gasteiger partial charge in [-0.2, -0.15) is 0 Å². The number of nitrogens with two attached hydrogens (primary N) is 1. The van der Waals surface area contributed by atoms with Gasteiger partial charge in [-0.15, -0.1) is 0 Å². The fourth-order valence-corrected chi connectivity index (χ4v) is 2.03. The van der Waals surface area contributed by atoms with Gasteiger partial charge < -0.3 is 15.8 Å². The van der Waals surface area contributed by atoms with Crippen molar-refractivity contribution in [3.05, 3.63) is 0 Å².